The first kappa shape index (κ1) is 14.1. The molecular formula is C11H9F2N3O3S. The van der Waals surface area contributed by atoms with Gasteiger partial charge in [0.15, 0.2) is 0 Å². The van der Waals surface area contributed by atoms with Gasteiger partial charge in [-0.25, -0.2) is 8.42 Å². The molecule has 0 fully saturated rings. The van der Waals surface area contributed by atoms with Gasteiger partial charge in [-0.3, -0.25) is 9.89 Å². The van der Waals surface area contributed by atoms with E-state index in [1.54, 1.807) is 0 Å². The third-order valence-electron chi connectivity index (χ3n) is 2.44. The first-order chi connectivity index (χ1) is 9.41. The number of benzene rings is 1. The number of rotatable bonds is 4. The van der Waals surface area contributed by atoms with Crippen molar-refractivity contribution in [2.45, 2.75) is 10.7 Å². The van der Waals surface area contributed by atoms with Crippen LogP contribution in [0.4, 0.5) is 14.5 Å². The van der Waals surface area contributed by atoms with E-state index in [1.807, 2.05) is 0 Å². The number of sulfone groups is 1. The van der Waals surface area contributed by atoms with Crippen LogP contribution < -0.4 is 5.32 Å². The zero-order valence-electron chi connectivity index (χ0n) is 9.88. The fraction of sp³-hybridized carbons (Fsp3) is 0.0909. The molecule has 0 bridgehead atoms. The highest BCUT2D eigenvalue weighted by Gasteiger charge is 2.26. The van der Waals surface area contributed by atoms with E-state index in [2.05, 4.69) is 15.5 Å². The van der Waals surface area contributed by atoms with Gasteiger partial charge in [0.05, 0.1) is 16.7 Å². The lowest BCUT2D eigenvalue weighted by molar-refractivity contribution is 0.102. The average molecular weight is 301 g/mol. The maximum Gasteiger partial charge on any atom is 0.341 e. The molecule has 0 atom stereocenters. The summed E-state index contributed by atoms with van der Waals surface area (Å²) in [6.45, 7) is 0. The van der Waals surface area contributed by atoms with E-state index >= 15 is 0 Å². The Morgan fingerprint density at radius 1 is 1.25 bits per heavy atom. The molecule has 0 saturated carbocycles. The lowest BCUT2D eigenvalue weighted by Crippen LogP contribution is -2.13. The summed E-state index contributed by atoms with van der Waals surface area (Å²) in [7, 11) is -4.63. The van der Waals surface area contributed by atoms with Gasteiger partial charge >= 0.3 is 5.76 Å². The van der Waals surface area contributed by atoms with E-state index in [-0.39, 0.29) is 11.3 Å². The number of hydrogen-bond donors (Lipinski definition) is 2. The van der Waals surface area contributed by atoms with Crippen molar-refractivity contribution in [2.75, 3.05) is 5.32 Å². The highest BCUT2D eigenvalue weighted by atomic mass is 32.2. The SMILES string of the molecule is O=C(Nc1ccc(S(=O)(=O)C(F)F)cc1)c1cn[nH]c1. The minimum atomic E-state index is -4.63. The van der Waals surface area contributed by atoms with Crippen LogP contribution in [0.3, 0.4) is 0 Å². The lowest BCUT2D eigenvalue weighted by atomic mass is 10.3. The van der Waals surface area contributed by atoms with Gasteiger partial charge in [0.25, 0.3) is 5.91 Å². The summed E-state index contributed by atoms with van der Waals surface area (Å²) in [4.78, 5) is 11.2. The van der Waals surface area contributed by atoms with Gasteiger partial charge in [0.2, 0.25) is 9.84 Å². The molecule has 0 spiro atoms. The molecule has 1 aromatic carbocycles. The molecule has 2 N–H and O–H groups in total. The number of nitrogens with zero attached hydrogens (tertiary/aromatic N) is 1. The van der Waals surface area contributed by atoms with Crippen molar-refractivity contribution in [3.05, 3.63) is 42.2 Å². The summed E-state index contributed by atoms with van der Waals surface area (Å²) >= 11 is 0. The van der Waals surface area contributed by atoms with Gasteiger partial charge < -0.3 is 5.32 Å². The molecule has 0 aliphatic rings. The number of anilines is 1. The van der Waals surface area contributed by atoms with Crippen molar-refractivity contribution in [2.24, 2.45) is 0 Å². The number of halogens is 2. The largest absolute Gasteiger partial charge is 0.341 e. The van der Waals surface area contributed by atoms with Crippen LogP contribution in [0.15, 0.2) is 41.6 Å². The third-order valence-corrected chi connectivity index (χ3v) is 3.83. The molecule has 1 heterocycles. The van der Waals surface area contributed by atoms with Crippen molar-refractivity contribution < 1.29 is 22.0 Å². The van der Waals surface area contributed by atoms with Crippen LogP contribution in [-0.2, 0) is 9.84 Å². The van der Waals surface area contributed by atoms with Gasteiger partial charge in [0.1, 0.15) is 0 Å². The fourth-order valence-electron chi connectivity index (χ4n) is 1.41. The van der Waals surface area contributed by atoms with Crippen LogP contribution in [0.2, 0.25) is 0 Å². The Morgan fingerprint density at radius 3 is 2.40 bits per heavy atom. The number of carbonyl (C=O) groups is 1. The normalized spacial score (nSPS) is 11.6. The van der Waals surface area contributed by atoms with Crippen LogP contribution >= 0.6 is 0 Å². The summed E-state index contributed by atoms with van der Waals surface area (Å²) in [6, 6.07) is 4.47. The second-order valence-electron chi connectivity index (χ2n) is 3.77. The number of aromatic nitrogens is 2. The highest BCUT2D eigenvalue weighted by Crippen LogP contribution is 2.20. The number of aromatic amines is 1. The fourth-order valence-corrected chi connectivity index (χ4v) is 2.13. The molecule has 1 aromatic heterocycles. The Bertz CT molecular complexity index is 697. The first-order valence-electron chi connectivity index (χ1n) is 5.33. The van der Waals surface area contributed by atoms with E-state index < -0.39 is 26.4 Å². The van der Waals surface area contributed by atoms with Crippen molar-refractivity contribution in [1.29, 1.82) is 0 Å². The lowest BCUT2D eigenvalue weighted by Gasteiger charge is -2.06. The molecule has 1 amide bonds. The first-order valence-corrected chi connectivity index (χ1v) is 6.88. The zero-order chi connectivity index (χ0) is 14.8. The standard InChI is InChI=1S/C11H9F2N3O3S/c12-11(13)20(18,19)9-3-1-8(2-4-9)16-10(17)7-5-14-15-6-7/h1-6,11H,(H,14,15)(H,16,17). The van der Waals surface area contributed by atoms with Crippen LogP contribution in [0.25, 0.3) is 0 Å². The molecule has 0 aliphatic carbocycles. The van der Waals surface area contributed by atoms with Crippen LogP contribution in [0, 0.1) is 0 Å². The molecule has 106 valence electrons. The molecule has 9 heteroatoms. The predicted octanol–water partition coefficient (Wildman–Crippen LogP) is 1.66. The van der Waals surface area contributed by atoms with Crippen molar-refractivity contribution in [1.82, 2.24) is 10.2 Å². The zero-order valence-corrected chi connectivity index (χ0v) is 10.7. The molecule has 6 nitrogen and oxygen atoms in total. The van der Waals surface area contributed by atoms with Gasteiger partial charge in [-0.05, 0) is 24.3 Å². The molecular weight excluding hydrogens is 292 g/mol. The Kier molecular flexibility index (Phi) is 3.79. The summed E-state index contributed by atoms with van der Waals surface area (Å²) in [5, 5.41) is 8.54. The number of H-pyrrole nitrogens is 1. The van der Waals surface area contributed by atoms with E-state index in [9.17, 15) is 22.0 Å². The Morgan fingerprint density at radius 2 is 1.90 bits per heavy atom. The molecule has 2 rings (SSSR count). The topological polar surface area (TPSA) is 91.9 Å². The molecule has 0 aliphatic heterocycles. The average Bonchev–Trinajstić information content (AvgIpc) is 2.93. The number of carbonyl (C=O) groups excluding carboxylic acids is 1. The molecule has 0 saturated heterocycles. The molecule has 0 radical (unpaired) electrons. The number of alkyl halides is 2. The maximum atomic E-state index is 12.3. The van der Waals surface area contributed by atoms with E-state index in [0.29, 0.717) is 0 Å². The Hall–Kier alpha value is -2.29. The minimum Gasteiger partial charge on any atom is -0.322 e. The monoisotopic (exact) mass is 301 g/mol. The quantitative estimate of drug-likeness (QED) is 0.898. The van der Waals surface area contributed by atoms with Gasteiger partial charge in [0, 0.05) is 11.9 Å². The van der Waals surface area contributed by atoms with Crippen LogP contribution in [0.5, 0.6) is 0 Å². The summed E-state index contributed by atoms with van der Waals surface area (Å²) in [5.74, 6) is -3.93. The minimum absolute atomic E-state index is 0.282. The number of amides is 1. The van der Waals surface area contributed by atoms with Crippen molar-refractivity contribution in [3.8, 4) is 0 Å². The van der Waals surface area contributed by atoms with Gasteiger partial charge in [-0.1, -0.05) is 0 Å². The maximum absolute atomic E-state index is 12.3. The third kappa shape index (κ3) is 2.82. The van der Waals surface area contributed by atoms with Crippen LogP contribution in [0.1, 0.15) is 10.4 Å². The summed E-state index contributed by atoms with van der Waals surface area (Å²) < 4.78 is 47.1. The molecule has 20 heavy (non-hydrogen) atoms. The Labute approximate surface area is 112 Å². The van der Waals surface area contributed by atoms with E-state index in [1.165, 1.54) is 24.5 Å². The van der Waals surface area contributed by atoms with Gasteiger partial charge in [-0.2, -0.15) is 13.9 Å². The number of hydrogen-bond acceptors (Lipinski definition) is 4. The Balaban J connectivity index is 2.15. The highest BCUT2D eigenvalue weighted by molar-refractivity contribution is 7.91. The van der Waals surface area contributed by atoms with Gasteiger partial charge in [-0.15, -0.1) is 0 Å². The van der Waals surface area contributed by atoms with Crippen molar-refractivity contribution >= 4 is 21.4 Å². The smallest absolute Gasteiger partial charge is 0.322 e. The predicted molar refractivity (Wildman–Crippen MR) is 66.2 cm³/mol. The number of nitrogens with one attached hydrogen (secondary N) is 2. The van der Waals surface area contributed by atoms with Crippen LogP contribution in [-0.4, -0.2) is 30.3 Å². The van der Waals surface area contributed by atoms with Crippen molar-refractivity contribution in [3.63, 3.8) is 0 Å². The van der Waals surface area contributed by atoms with E-state index in [0.717, 1.165) is 12.1 Å². The second-order valence-corrected chi connectivity index (χ2v) is 5.69. The summed E-state index contributed by atoms with van der Waals surface area (Å²) in [5.41, 5.74) is 0.568. The van der Waals surface area contributed by atoms with E-state index in [4.69, 9.17) is 0 Å². The molecule has 2 aromatic rings. The summed E-state index contributed by atoms with van der Waals surface area (Å²) in [6.07, 6.45) is 2.69. The molecule has 0 unspecified atom stereocenters. The second kappa shape index (κ2) is 5.37.